The summed E-state index contributed by atoms with van der Waals surface area (Å²) < 4.78 is 36.2. The highest BCUT2D eigenvalue weighted by Gasteiger charge is 2.23. The van der Waals surface area contributed by atoms with E-state index in [1.165, 1.54) is 0 Å². The number of halogens is 1. The SMILES string of the molecule is CS(=O)(=O)c1c(O)ccc(C(N)CO)c1F. The Bertz CT molecular complexity index is 500. The lowest BCUT2D eigenvalue weighted by Gasteiger charge is -2.13. The van der Waals surface area contributed by atoms with Gasteiger partial charge in [0.1, 0.15) is 16.5 Å². The standard InChI is InChI=1S/C9H12FNO4S/c1-16(14,15)9-7(13)3-2-5(8(9)10)6(11)4-12/h2-3,6,12-13H,4,11H2,1H3. The van der Waals surface area contributed by atoms with Crippen LogP contribution in [0, 0.1) is 5.82 Å². The first-order chi connectivity index (χ1) is 7.29. The van der Waals surface area contributed by atoms with E-state index in [4.69, 9.17) is 10.8 Å². The molecule has 7 heteroatoms. The van der Waals surface area contributed by atoms with Crippen molar-refractivity contribution < 1.29 is 23.0 Å². The monoisotopic (exact) mass is 249 g/mol. The molecule has 4 N–H and O–H groups in total. The molecule has 90 valence electrons. The Labute approximate surface area is 92.2 Å². The zero-order chi connectivity index (χ0) is 12.5. The summed E-state index contributed by atoms with van der Waals surface area (Å²) in [5.74, 6) is -1.79. The van der Waals surface area contributed by atoms with Crippen LogP contribution in [0.5, 0.6) is 5.75 Å². The third-order valence-electron chi connectivity index (χ3n) is 2.07. The lowest BCUT2D eigenvalue weighted by molar-refractivity contribution is 0.264. The van der Waals surface area contributed by atoms with E-state index in [1.54, 1.807) is 0 Å². The highest BCUT2D eigenvalue weighted by Crippen LogP contribution is 2.29. The van der Waals surface area contributed by atoms with Crippen LogP contribution in [0.4, 0.5) is 4.39 Å². The number of rotatable bonds is 3. The number of phenols is 1. The minimum absolute atomic E-state index is 0.152. The van der Waals surface area contributed by atoms with Crippen LogP contribution in [-0.2, 0) is 9.84 Å². The molecule has 0 saturated carbocycles. The van der Waals surface area contributed by atoms with E-state index in [9.17, 15) is 17.9 Å². The molecule has 1 aromatic carbocycles. The predicted molar refractivity (Wildman–Crippen MR) is 55.2 cm³/mol. The van der Waals surface area contributed by atoms with Crippen molar-refractivity contribution in [1.29, 1.82) is 0 Å². The maximum atomic E-state index is 13.7. The van der Waals surface area contributed by atoms with Gasteiger partial charge < -0.3 is 15.9 Å². The molecule has 1 atom stereocenters. The maximum Gasteiger partial charge on any atom is 0.182 e. The summed E-state index contributed by atoms with van der Waals surface area (Å²) in [6, 6.07) is 1.14. The fourth-order valence-electron chi connectivity index (χ4n) is 1.30. The molecular weight excluding hydrogens is 237 g/mol. The normalized spacial score (nSPS) is 13.8. The summed E-state index contributed by atoms with van der Waals surface area (Å²) in [7, 11) is -3.89. The van der Waals surface area contributed by atoms with Gasteiger partial charge in [0.15, 0.2) is 9.84 Å². The zero-order valence-corrected chi connectivity index (χ0v) is 9.33. The lowest BCUT2D eigenvalue weighted by atomic mass is 10.1. The highest BCUT2D eigenvalue weighted by atomic mass is 32.2. The second-order valence-corrected chi connectivity index (χ2v) is 5.33. The number of aromatic hydroxyl groups is 1. The molecule has 16 heavy (non-hydrogen) atoms. The van der Waals surface area contributed by atoms with E-state index in [-0.39, 0.29) is 5.56 Å². The first-order valence-electron chi connectivity index (χ1n) is 4.37. The largest absolute Gasteiger partial charge is 0.506 e. The average molecular weight is 249 g/mol. The average Bonchev–Trinajstić information content (AvgIpc) is 2.14. The minimum atomic E-state index is -3.89. The van der Waals surface area contributed by atoms with Crippen molar-refractivity contribution in [2.45, 2.75) is 10.9 Å². The van der Waals surface area contributed by atoms with E-state index < -0.39 is 38.9 Å². The summed E-state index contributed by atoms with van der Waals surface area (Å²) in [5.41, 5.74) is 5.24. The number of benzene rings is 1. The number of phenolic OH excluding ortho intramolecular Hbond substituents is 1. The quantitative estimate of drug-likeness (QED) is 0.696. The van der Waals surface area contributed by atoms with Gasteiger partial charge >= 0.3 is 0 Å². The molecule has 0 aliphatic rings. The Hall–Kier alpha value is -1.18. The molecule has 0 fully saturated rings. The van der Waals surface area contributed by atoms with E-state index in [2.05, 4.69) is 0 Å². The van der Waals surface area contributed by atoms with Gasteiger partial charge in [0.2, 0.25) is 0 Å². The van der Waals surface area contributed by atoms with Crippen molar-refractivity contribution in [3.63, 3.8) is 0 Å². The number of nitrogens with two attached hydrogens (primary N) is 1. The van der Waals surface area contributed by atoms with Gasteiger partial charge in [-0.1, -0.05) is 6.07 Å². The topological polar surface area (TPSA) is 101 Å². The zero-order valence-electron chi connectivity index (χ0n) is 8.51. The summed E-state index contributed by atoms with van der Waals surface area (Å²) in [6.45, 7) is -0.523. The van der Waals surface area contributed by atoms with Gasteiger partial charge in [-0.25, -0.2) is 12.8 Å². The Morgan fingerprint density at radius 3 is 2.50 bits per heavy atom. The first-order valence-corrected chi connectivity index (χ1v) is 6.26. The molecule has 0 heterocycles. The summed E-state index contributed by atoms with van der Waals surface area (Å²) in [5, 5.41) is 18.1. The maximum absolute atomic E-state index is 13.7. The van der Waals surface area contributed by atoms with Crippen LogP contribution in [0.3, 0.4) is 0 Å². The van der Waals surface area contributed by atoms with E-state index in [0.717, 1.165) is 18.4 Å². The highest BCUT2D eigenvalue weighted by molar-refractivity contribution is 7.90. The number of sulfone groups is 1. The fraction of sp³-hybridized carbons (Fsp3) is 0.333. The van der Waals surface area contributed by atoms with Crippen molar-refractivity contribution in [3.8, 4) is 5.75 Å². The molecule has 0 radical (unpaired) electrons. The van der Waals surface area contributed by atoms with E-state index in [0.29, 0.717) is 0 Å². The van der Waals surface area contributed by atoms with Crippen LogP contribution in [-0.4, -0.2) is 31.5 Å². The number of aliphatic hydroxyl groups excluding tert-OH is 1. The predicted octanol–water partition coefficient (Wildman–Crippen LogP) is -0.0731. The van der Waals surface area contributed by atoms with Crippen LogP contribution in [0.25, 0.3) is 0 Å². The summed E-state index contributed by atoms with van der Waals surface area (Å²) >= 11 is 0. The molecule has 0 spiro atoms. The summed E-state index contributed by atoms with van der Waals surface area (Å²) in [6.07, 6.45) is 0.777. The molecular formula is C9H12FNO4S. The molecule has 0 saturated heterocycles. The van der Waals surface area contributed by atoms with Crippen LogP contribution in [0.15, 0.2) is 17.0 Å². The number of hydrogen-bond acceptors (Lipinski definition) is 5. The fourth-order valence-corrected chi connectivity index (χ4v) is 2.19. The molecule has 0 amide bonds. The smallest absolute Gasteiger partial charge is 0.182 e. The minimum Gasteiger partial charge on any atom is -0.506 e. The van der Waals surface area contributed by atoms with E-state index in [1.807, 2.05) is 0 Å². The van der Waals surface area contributed by atoms with Gasteiger partial charge in [0, 0.05) is 11.8 Å². The first kappa shape index (κ1) is 12.9. The second-order valence-electron chi connectivity index (χ2n) is 3.38. The van der Waals surface area contributed by atoms with Gasteiger partial charge in [0.25, 0.3) is 0 Å². The lowest BCUT2D eigenvalue weighted by Crippen LogP contribution is -2.17. The van der Waals surface area contributed by atoms with Gasteiger partial charge in [0.05, 0.1) is 12.6 Å². The number of aliphatic hydroxyl groups is 1. The van der Waals surface area contributed by atoms with Gasteiger partial charge in [-0.2, -0.15) is 0 Å². The third-order valence-corrected chi connectivity index (χ3v) is 3.20. The molecule has 1 aromatic rings. The van der Waals surface area contributed by atoms with Gasteiger partial charge in [-0.3, -0.25) is 0 Å². The Morgan fingerprint density at radius 1 is 1.50 bits per heavy atom. The molecule has 5 nitrogen and oxygen atoms in total. The van der Waals surface area contributed by atoms with Crippen LogP contribution >= 0.6 is 0 Å². The van der Waals surface area contributed by atoms with Gasteiger partial charge in [-0.05, 0) is 6.07 Å². The third kappa shape index (κ3) is 2.31. The van der Waals surface area contributed by atoms with Crippen LogP contribution in [0.2, 0.25) is 0 Å². The Balaban J connectivity index is 3.51. The van der Waals surface area contributed by atoms with E-state index >= 15 is 0 Å². The Morgan fingerprint density at radius 2 is 2.06 bits per heavy atom. The van der Waals surface area contributed by atoms with Crippen LogP contribution in [0.1, 0.15) is 11.6 Å². The van der Waals surface area contributed by atoms with Crippen molar-refractivity contribution in [2.75, 3.05) is 12.9 Å². The Kier molecular flexibility index (Phi) is 3.51. The molecule has 0 bridgehead atoms. The molecule has 1 rings (SSSR count). The molecule has 0 aromatic heterocycles. The summed E-state index contributed by atoms with van der Waals surface area (Å²) in [4.78, 5) is -0.797. The van der Waals surface area contributed by atoms with Crippen molar-refractivity contribution in [2.24, 2.45) is 5.73 Å². The second kappa shape index (κ2) is 4.36. The van der Waals surface area contributed by atoms with Crippen LogP contribution < -0.4 is 5.73 Å². The van der Waals surface area contributed by atoms with Crippen molar-refractivity contribution in [3.05, 3.63) is 23.5 Å². The molecule has 1 unspecified atom stereocenters. The number of hydrogen-bond donors (Lipinski definition) is 3. The van der Waals surface area contributed by atoms with Crippen molar-refractivity contribution in [1.82, 2.24) is 0 Å². The molecule has 0 aliphatic carbocycles. The molecule has 0 aliphatic heterocycles. The van der Waals surface area contributed by atoms with Crippen molar-refractivity contribution >= 4 is 9.84 Å². The van der Waals surface area contributed by atoms with Gasteiger partial charge in [-0.15, -0.1) is 0 Å².